The molecule has 0 bridgehead atoms. The number of aromatic nitrogens is 3. The van der Waals surface area contributed by atoms with Crippen LogP contribution in [0.3, 0.4) is 0 Å². The number of thiophene rings is 1. The second-order valence-electron chi connectivity index (χ2n) is 2.01. The molecule has 3 nitrogen and oxygen atoms in total. The molecule has 2 rings (SSSR count). The average Bonchev–Trinajstić information content (AvgIpc) is 2.55. The minimum Gasteiger partial charge on any atom is -0.274 e. The summed E-state index contributed by atoms with van der Waals surface area (Å²) in [6.45, 7) is 0. The zero-order valence-electron chi connectivity index (χ0n) is 5.52. The van der Waals surface area contributed by atoms with E-state index in [4.69, 9.17) is 12.2 Å². The van der Waals surface area contributed by atoms with Gasteiger partial charge in [0, 0.05) is 5.38 Å². The molecule has 5 heteroatoms. The molecular weight excluding hydrogens is 178 g/mol. The Kier molecular flexibility index (Phi) is 1.59. The van der Waals surface area contributed by atoms with Crippen LogP contribution in [-0.2, 0) is 0 Å². The second-order valence-corrected chi connectivity index (χ2v) is 3.18. The smallest absolute Gasteiger partial charge is 0.199 e. The van der Waals surface area contributed by atoms with E-state index in [2.05, 4.69) is 10.2 Å². The Morgan fingerprint density at radius 2 is 2.55 bits per heavy atom. The van der Waals surface area contributed by atoms with Crippen LogP contribution >= 0.6 is 23.6 Å². The van der Waals surface area contributed by atoms with E-state index in [0.29, 0.717) is 4.77 Å². The Hall–Kier alpha value is -0.940. The van der Waals surface area contributed by atoms with Gasteiger partial charge >= 0.3 is 0 Å². The quantitative estimate of drug-likeness (QED) is 0.686. The van der Waals surface area contributed by atoms with Crippen LogP contribution in [0.1, 0.15) is 0 Å². The van der Waals surface area contributed by atoms with Gasteiger partial charge < -0.3 is 0 Å². The molecule has 0 unspecified atom stereocenters. The minimum absolute atomic E-state index is 0.628. The number of rotatable bonds is 1. The highest BCUT2D eigenvalue weighted by Crippen LogP contribution is 2.10. The van der Waals surface area contributed by atoms with Gasteiger partial charge in [0.2, 0.25) is 0 Å². The predicted molar refractivity (Wildman–Crippen MR) is 46.6 cm³/mol. The predicted octanol–water partition coefficient (Wildman–Crippen LogP) is 1.99. The normalized spacial score (nSPS) is 10.2. The van der Waals surface area contributed by atoms with Gasteiger partial charge in [-0.3, -0.25) is 9.67 Å². The highest BCUT2D eigenvalue weighted by molar-refractivity contribution is 7.71. The van der Waals surface area contributed by atoms with E-state index in [-0.39, 0.29) is 0 Å². The molecule has 56 valence electrons. The van der Waals surface area contributed by atoms with Crippen LogP contribution in [-0.4, -0.2) is 14.8 Å². The fourth-order valence-corrected chi connectivity index (χ4v) is 1.66. The number of nitrogens with zero attached hydrogens (tertiary/aromatic N) is 2. The van der Waals surface area contributed by atoms with Crippen LogP contribution in [0.25, 0.3) is 5.69 Å². The van der Waals surface area contributed by atoms with Gasteiger partial charge in [0.05, 0.1) is 5.69 Å². The molecule has 0 saturated carbocycles. The lowest BCUT2D eigenvalue weighted by molar-refractivity contribution is 1.04. The average molecular weight is 183 g/mol. The molecule has 2 aromatic heterocycles. The fraction of sp³-hybridized carbons (Fsp3) is 0. The second kappa shape index (κ2) is 2.60. The van der Waals surface area contributed by atoms with Crippen LogP contribution in [0.4, 0.5) is 0 Å². The van der Waals surface area contributed by atoms with Gasteiger partial charge in [-0.25, -0.2) is 0 Å². The van der Waals surface area contributed by atoms with Crippen LogP contribution in [0, 0.1) is 4.77 Å². The molecule has 0 aliphatic carbocycles. The van der Waals surface area contributed by atoms with Crippen molar-refractivity contribution in [1.82, 2.24) is 14.8 Å². The van der Waals surface area contributed by atoms with E-state index in [1.54, 1.807) is 17.7 Å². The van der Waals surface area contributed by atoms with Crippen molar-refractivity contribution in [1.29, 1.82) is 0 Å². The molecule has 0 saturated heterocycles. The maximum Gasteiger partial charge on any atom is 0.199 e. The van der Waals surface area contributed by atoms with Gasteiger partial charge in [-0.05, 0) is 23.7 Å². The number of aromatic amines is 1. The number of nitrogens with one attached hydrogen (secondary N) is 1. The van der Waals surface area contributed by atoms with Crippen molar-refractivity contribution in [3.63, 3.8) is 0 Å². The zero-order chi connectivity index (χ0) is 7.68. The Balaban J connectivity index is 2.62. The van der Waals surface area contributed by atoms with Gasteiger partial charge in [0.25, 0.3) is 0 Å². The third kappa shape index (κ3) is 1.12. The minimum atomic E-state index is 0.628. The number of hydrogen-bond acceptors (Lipinski definition) is 3. The zero-order valence-corrected chi connectivity index (χ0v) is 7.15. The van der Waals surface area contributed by atoms with Gasteiger partial charge in [-0.15, -0.1) is 0 Å². The van der Waals surface area contributed by atoms with Crippen molar-refractivity contribution in [2.45, 2.75) is 0 Å². The van der Waals surface area contributed by atoms with Crippen molar-refractivity contribution in [2.24, 2.45) is 0 Å². The summed E-state index contributed by atoms with van der Waals surface area (Å²) < 4.78 is 2.45. The summed E-state index contributed by atoms with van der Waals surface area (Å²) in [6.07, 6.45) is 1.67. The fourth-order valence-electron chi connectivity index (χ4n) is 0.826. The van der Waals surface area contributed by atoms with Crippen LogP contribution in [0.2, 0.25) is 0 Å². The van der Waals surface area contributed by atoms with Crippen molar-refractivity contribution in [3.05, 3.63) is 27.9 Å². The van der Waals surface area contributed by atoms with Gasteiger partial charge in [-0.1, -0.05) is 0 Å². The molecule has 11 heavy (non-hydrogen) atoms. The molecule has 0 amide bonds. The lowest BCUT2D eigenvalue weighted by atomic mass is 10.5. The third-order valence-electron chi connectivity index (χ3n) is 1.34. The SMILES string of the molecule is S=c1[nH]ncn1-c1ccsc1. The van der Waals surface area contributed by atoms with Gasteiger partial charge in [-0.2, -0.15) is 16.4 Å². The first-order valence-corrected chi connectivity index (χ1v) is 4.37. The standard InChI is InChI=1S/C6H5N3S2/c10-6-8-7-4-9(6)5-1-2-11-3-5/h1-4H,(H,8,10). The molecule has 2 aromatic rings. The first-order valence-electron chi connectivity index (χ1n) is 3.02. The third-order valence-corrected chi connectivity index (χ3v) is 2.30. The lowest BCUT2D eigenvalue weighted by Crippen LogP contribution is -1.87. The number of hydrogen-bond donors (Lipinski definition) is 1. The Morgan fingerprint density at radius 1 is 1.64 bits per heavy atom. The lowest BCUT2D eigenvalue weighted by Gasteiger charge is -1.92. The Labute approximate surface area is 72.3 Å². The van der Waals surface area contributed by atoms with Gasteiger partial charge in [0.1, 0.15) is 6.33 Å². The van der Waals surface area contributed by atoms with E-state index in [0.717, 1.165) is 5.69 Å². The first kappa shape index (κ1) is 6.75. The molecular formula is C6H5N3S2. The van der Waals surface area contributed by atoms with E-state index in [1.165, 1.54) is 0 Å². The maximum atomic E-state index is 4.98. The highest BCUT2D eigenvalue weighted by Gasteiger charge is 1.96. The Bertz CT molecular complexity index is 384. The van der Waals surface area contributed by atoms with E-state index in [9.17, 15) is 0 Å². The van der Waals surface area contributed by atoms with Crippen molar-refractivity contribution >= 4 is 23.6 Å². The van der Waals surface area contributed by atoms with Gasteiger partial charge in [0.15, 0.2) is 4.77 Å². The summed E-state index contributed by atoms with van der Waals surface area (Å²) in [5.74, 6) is 0. The highest BCUT2D eigenvalue weighted by atomic mass is 32.1. The topological polar surface area (TPSA) is 33.6 Å². The summed E-state index contributed by atoms with van der Waals surface area (Å²) in [4.78, 5) is 0. The van der Waals surface area contributed by atoms with Crippen LogP contribution in [0.15, 0.2) is 23.2 Å². The maximum absolute atomic E-state index is 4.98. The summed E-state index contributed by atoms with van der Waals surface area (Å²) in [5.41, 5.74) is 1.06. The van der Waals surface area contributed by atoms with E-state index >= 15 is 0 Å². The summed E-state index contributed by atoms with van der Waals surface area (Å²) in [7, 11) is 0. The van der Waals surface area contributed by atoms with Crippen LogP contribution < -0.4 is 0 Å². The molecule has 0 aliphatic heterocycles. The molecule has 0 aliphatic rings. The summed E-state index contributed by atoms with van der Waals surface area (Å²) in [6, 6.07) is 2.00. The number of H-pyrrole nitrogens is 1. The van der Waals surface area contributed by atoms with E-state index < -0.39 is 0 Å². The van der Waals surface area contributed by atoms with Crippen molar-refractivity contribution in [2.75, 3.05) is 0 Å². The summed E-state index contributed by atoms with van der Waals surface area (Å²) in [5, 5.41) is 10.5. The molecule has 1 N–H and O–H groups in total. The largest absolute Gasteiger partial charge is 0.274 e. The molecule has 0 atom stereocenters. The molecule has 0 aromatic carbocycles. The Morgan fingerprint density at radius 3 is 3.09 bits per heavy atom. The van der Waals surface area contributed by atoms with Crippen LogP contribution in [0.5, 0.6) is 0 Å². The monoisotopic (exact) mass is 183 g/mol. The first-order chi connectivity index (χ1) is 5.38. The van der Waals surface area contributed by atoms with Crippen molar-refractivity contribution in [3.8, 4) is 5.69 Å². The van der Waals surface area contributed by atoms with E-state index in [1.807, 2.05) is 21.4 Å². The molecule has 2 heterocycles. The molecule has 0 spiro atoms. The molecule has 0 radical (unpaired) electrons. The molecule has 0 fully saturated rings. The summed E-state index contributed by atoms with van der Waals surface area (Å²) >= 11 is 6.62. The van der Waals surface area contributed by atoms with Crippen molar-refractivity contribution < 1.29 is 0 Å².